The molecule has 1 aromatic rings. The van der Waals surface area contributed by atoms with Gasteiger partial charge < -0.3 is 15.4 Å². The molecule has 1 aliphatic heterocycles. The number of rotatable bonds is 4. The fourth-order valence-electron chi connectivity index (χ4n) is 2.60. The summed E-state index contributed by atoms with van der Waals surface area (Å²) in [6.45, 7) is 4.01. The molecule has 1 atom stereocenters. The van der Waals surface area contributed by atoms with Gasteiger partial charge >= 0.3 is 0 Å². The van der Waals surface area contributed by atoms with Crippen molar-refractivity contribution in [1.29, 1.82) is 0 Å². The lowest BCUT2D eigenvalue weighted by Crippen LogP contribution is -2.37. The summed E-state index contributed by atoms with van der Waals surface area (Å²) in [5.74, 6) is 0.925. The number of hydrogen-bond acceptors (Lipinski definition) is 3. The van der Waals surface area contributed by atoms with Gasteiger partial charge in [0.25, 0.3) is 0 Å². The monoisotopic (exact) mass is 248 g/mol. The van der Waals surface area contributed by atoms with Gasteiger partial charge in [-0.1, -0.05) is 12.5 Å². The maximum atomic E-state index is 5.87. The largest absolute Gasteiger partial charge is 0.493 e. The van der Waals surface area contributed by atoms with Gasteiger partial charge in [0.05, 0.1) is 6.61 Å². The van der Waals surface area contributed by atoms with E-state index in [9.17, 15) is 0 Å². The standard InChI is InChI=1S/C15H24N2O/c1-12-14(16)7-5-8-15(12)18-11-9-13-6-3-4-10-17(13)2/h5,7-8,13H,3-4,6,9-11,16H2,1-2H3. The second-order valence-corrected chi connectivity index (χ2v) is 5.24. The van der Waals surface area contributed by atoms with Crippen LogP contribution < -0.4 is 10.5 Å². The minimum Gasteiger partial charge on any atom is -0.493 e. The number of nitrogens with zero attached hydrogens (tertiary/aromatic N) is 1. The summed E-state index contributed by atoms with van der Waals surface area (Å²) >= 11 is 0. The predicted molar refractivity (Wildman–Crippen MR) is 76.0 cm³/mol. The van der Waals surface area contributed by atoms with Crippen LogP contribution in [0.25, 0.3) is 0 Å². The molecular formula is C15H24N2O. The number of nitrogen functional groups attached to an aromatic ring is 1. The summed E-state index contributed by atoms with van der Waals surface area (Å²) in [7, 11) is 2.22. The average Bonchev–Trinajstić information content (AvgIpc) is 2.37. The van der Waals surface area contributed by atoms with Crippen molar-refractivity contribution in [2.45, 2.75) is 38.6 Å². The lowest BCUT2D eigenvalue weighted by molar-refractivity contribution is 0.153. The first-order valence-corrected chi connectivity index (χ1v) is 6.86. The number of likely N-dealkylation sites (tertiary alicyclic amines) is 1. The van der Waals surface area contributed by atoms with E-state index in [1.54, 1.807) is 0 Å². The van der Waals surface area contributed by atoms with Crippen LogP contribution in [0.4, 0.5) is 5.69 Å². The Bertz CT molecular complexity index is 392. The Labute approximate surface area is 110 Å². The summed E-state index contributed by atoms with van der Waals surface area (Å²) in [5, 5.41) is 0. The maximum Gasteiger partial charge on any atom is 0.124 e. The highest BCUT2D eigenvalue weighted by Gasteiger charge is 2.18. The second kappa shape index (κ2) is 6.10. The highest BCUT2D eigenvalue weighted by molar-refractivity contribution is 5.53. The Morgan fingerprint density at radius 3 is 3.00 bits per heavy atom. The zero-order valence-corrected chi connectivity index (χ0v) is 11.5. The first-order valence-electron chi connectivity index (χ1n) is 6.86. The van der Waals surface area contributed by atoms with Crippen LogP contribution in [0.15, 0.2) is 18.2 Å². The molecule has 1 heterocycles. The summed E-state index contributed by atoms with van der Waals surface area (Å²) in [5.41, 5.74) is 7.73. The fraction of sp³-hybridized carbons (Fsp3) is 0.600. The summed E-state index contributed by atoms with van der Waals surface area (Å²) < 4.78 is 5.86. The number of piperidine rings is 1. The molecule has 1 aromatic carbocycles. The van der Waals surface area contributed by atoms with Crippen molar-refractivity contribution in [3.8, 4) is 5.75 Å². The van der Waals surface area contributed by atoms with Crippen LogP contribution in [0.3, 0.4) is 0 Å². The van der Waals surface area contributed by atoms with Gasteiger partial charge in [-0.2, -0.15) is 0 Å². The third kappa shape index (κ3) is 3.16. The van der Waals surface area contributed by atoms with Crippen molar-refractivity contribution in [3.05, 3.63) is 23.8 Å². The van der Waals surface area contributed by atoms with E-state index in [2.05, 4.69) is 11.9 Å². The van der Waals surface area contributed by atoms with Gasteiger partial charge in [0.15, 0.2) is 0 Å². The van der Waals surface area contributed by atoms with E-state index in [4.69, 9.17) is 10.5 Å². The van der Waals surface area contributed by atoms with Gasteiger partial charge in [-0.25, -0.2) is 0 Å². The van der Waals surface area contributed by atoms with Crippen LogP contribution in [0.5, 0.6) is 5.75 Å². The van der Waals surface area contributed by atoms with Crippen molar-refractivity contribution in [1.82, 2.24) is 4.90 Å². The van der Waals surface area contributed by atoms with Gasteiger partial charge in [0.1, 0.15) is 5.75 Å². The van der Waals surface area contributed by atoms with Crippen molar-refractivity contribution in [3.63, 3.8) is 0 Å². The van der Waals surface area contributed by atoms with Crippen molar-refractivity contribution in [2.24, 2.45) is 0 Å². The third-order valence-corrected chi connectivity index (χ3v) is 3.96. The normalized spacial score (nSPS) is 20.9. The lowest BCUT2D eigenvalue weighted by atomic mass is 10.0. The number of benzene rings is 1. The van der Waals surface area contributed by atoms with Crippen molar-refractivity contribution < 1.29 is 4.74 Å². The molecule has 2 N–H and O–H groups in total. The molecule has 1 aliphatic rings. The van der Waals surface area contributed by atoms with Crippen LogP contribution in [0.1, 0.15) is 31.2 Å². The molecule has 0 amide bonds. The first kappa shape index (κ1) is 13.2. The molecule has 0 aliphatic carbocycles. The Balaban J connectivity index is 1.83. The van der Waals surface area contributed by atoms with Gasteiger partial charge in [-0.05, 0) is 51.9 Å². The third-order valence-electron chi connectivity index (χ3n) is 3.96. The molecular weight excluding hydrogens is 224 g/mol. The van der Waals surface area contributed by atoms with Gasteiger partial charge in [-0.15, -0.1) is 0 Å². The molecule has 1 unspecified atom stereocenters. The van der Waals surface area contributed by atoms with Crippen LogP contribution in [-0.4, -0.2) is 31.1 Å². The molecule has 3 nitrogen and oxygen atoms in total. The van der Waals surface area contributed by atoms with Gasteiger partial charge in [0, 0.05) is 17.3 Å². The van der Waals surface area contributed by atoms with E-state index in [0.717, 1.165) is 30.0 Å². The lowest BCUT2D eigenvalue weighted by Gasteiger charge is -2.32. The summed E-state index contributed by atoms with van der Waals surface area (Å²) in [6, 6.07) is 6.54. The predicted octanol–water partition coefficient (Wildman–Crippen LogP) is 2.83. The van der Waals surface area contributed by atoms with E-state index >= 15 is 0 Å². The molecule has 1 saturated heterocycles. The van der Waals surface area contributed by atoms with Crippen LogP contribution >= 0.6 is 0 Å². The SMILES string of the molecule is Cc1c(N)cccc1OCCC1CCCCN1C. The molecule has 0 bridgehead atoms. The molecule has 3 heteroatoms. The molecule has 100 valence electrons. The minimum absolute atomic E-state index is 0.681. The smallest absolute Gasteiger partial charge is 0.124 e. The molecule has 1 fully saturated rings. The summed E-state index contributed by atoms with van der Waals surface area (Å²) in [6.07, 6.45) is 5.09. The molecule has 0 aromatic heterocycles. The number of nitrogens with two attached hydrogens (primary N) is 1. The van der Waals surface area contributed by atoms with E-state index in [1.807, 2.05) is 25.1 Å². The highest BCUT2D eigenvalue weighted by Crippen LogP contribution is 2.24. The number of ether oxygens (including phenoxy) is 1. The van der Waals surface area contributed by atoms with Crippen molar-refractivity contribution in [2.75, 3.05) is 25.9 Å². The van der Waals surface area contributed by atoms with E-state index in [1.165, 1.54) is 25.8 Å². The molecule has 18 heavy (non-hydrogen) atoms. The Morgan fingerprint density at radius 2 is 2.22 bits per heavy atom. The molecule has 0 saturated carbocycles. The zero-order chi connectivity index (χ0) is 13.0. The summed E-state index contributed by atoms with van der Waals surface area (Å²) in [4.78, 5) is 2.46. The zero-order valence-electron chi connectivity index (χ0n) is 11.5. The number of hydrogen-bond donors (Lipinski definition) is 1. The fourth-order valence-corrected chi connectivity index (χ4v) is 2.60. The van der Waals surface area contributed by atoms with Crippen molar-refractivity contribution >= 4 is 5.69 Å². The van der Waals surface area contributed by atoms with Crippen LogP contribution in [0.2, 0.25) is 0 Å². The number of anilines is 1. The second-order valence-electron chi connectivity index (χ2n) is 5.24. The van der Waals surface area contributed by atoms with Crippen LogP contribution in [-0.2, 0) is 0 Å². The van der Waals surface area contributed by atoms with Crippen LogP contribution in [0, 0.1) is 6.92 Å². The maximum absolute atomic E-state index is 5.87. The molecule has 0 radical (unpaired) electrons. The average molecular weight is 248 g/mol. The Hall–Kier alpha value is -1.22. The molecule has 2 rings (SSSR count). The van der Waals surface area contributed by atoms with E-state index < -0.39 is 0 Å². The topological polar surface area (TPSA) is 38.5 Å². The first-order chi connectivity index (χ1) is 8.68. The van der Waals surface area contributed by atoms with E-state index in [-0.39, 0.29) is 0 Å². The minimum atomic E-state index is 0.681. The highest BCUT2D eigenvalue weighted by atomic mass is 16.5. The Morgan fingerprint density at radius 1 is 1.39 bits per heavy atom. The quantitative estimate of drug-likeness (QED) is 0.833. The van der Waals surface area contributed by atoms with Gasteiger partial charge in [0.2, 0.25) is 0 Å². The Kier molecular flexibility index (Phi) is 4.48. The van der Waals surface area contributed by atoms with Gasteiger partial charge in [-0.3, -0.25) is 0 Å². The molecule has 0 spiro atoms. The van der Waals surface area contributed by atoms with E-state index in [0.29, 0.717) is 6.04 Å².